The quantitative estimate of drug-likeness (QED) is 0.455. The van der Waals surface area contributed by atoms with Crippen molar-refractivity contribution in [3.05, 3.63) is 72.2 Å². The number of rotatable bonds is 7. The minimum atomic E-state index is -0.334. The van der Waals surface area contributed by atoms with E-state index in [9.17, 15) is 4.79 Å². The van der Waals surface area contributed by atoms with Gasteiger partial charge in [-0.3, -0.25) is 4.79 Å². The molecule has 0 aliphatic carbocycles. The largest absolute Gasteiger partial charge is 0.457 e. The predicted octanol–water partition coefficient (Wildman–Crippen LogP) is 3.59. The molecule has 0 unspecified atom stereocenters. The number of nitrogens with one attached hydrogen (secondary N) is 1. The molecule has 0 aliphatic rings. The lowest BCUT2D eigenvalue weighted by atomic mass is 10.2. The fourth-order valence-corrected chi connectivity index (χ4v) is 3.09. The van der Waals surface area contributed by atoms with Crippen molar-refractivity contribution >= 4 is 34.5 Å². The van der Waals surface area contributed by atoms with Gasteiger partial charge in [-0.2, -0.15) is 15.0 Å². The number of nitrogens with zero attached hydrogens (tertiary/aromatic N) is 4. The maximum atomic E-state index is 12.2. The summed E-state index contributed by atoms with van der Waals surface area (Å²) in [5.41, 5.74) is 8.83. The van der Waals surface area contributed by atoms with Gasteiger partial charge in [0.15, 0.2) is 12.4 Å². The van der Waals surface area contributed by atoms with Gasteiger partial charge in [-0.15, -0.1) is 0 Å². The summed E-state index contributed by atoms with van der Waals surface area (Å²) in [6, 6.07) is 17.8. The Hall–Kier alpha value is -3.94. The summed E-state index contributed by atoms with van der Waals surface area (Å²) in [7, 11) is 0. The number of aryl methyl sites for hydroxylation is 2. The molecule has 8 nitrogen and oxygen atoms in total. The molecule has 2 aromatic heterocycles. The number of ether oxygens (including phenoxy) is 1. The standard InChI is InChI=1S/C22H22N6O2/c1-15-6-8-17(9-7-15)24-22-26-19(25-21(23)27-22)14-30-20(29)11-13-28-12-10-16-4-2-3-5-18(16)28/h2-10,12H,11,13-14H2,1H3,(H3,23,24,25,26,27). The molecule has 2 heterocycles. The van der Waals surface area contributed by atoms with Crippen LogP contribution in [0.4, 0.5) is 17.6 Å². The van der Waals surface area contributed by atoms with Crippen molar-refractivity contribution in [3.63, 3.8) is 0 Å². The average Bonchev–Trinajstić information content (AvgIpc) is 3.15. The summed E-state index contributed by atoms with van der Waals surface area (Å²) in [5, 5.41) is 4.21. The molecular weight excluding hydrogens is 380 g/mol. The topological polar surface area (TPSA) is 108 Å². The van der Waals surface area contributed by atoms with Crippen LogP contribution in [0.25, 0.3) is 10.9 Å². The molecule has 3 N–H and O–H groups in total. The molecule has 2 aromatic carbocycles. The van der Waals surface area contributed by atoms with Crippen molar-refractivity contribution in [3.8, 4) is 0 Å². The molecule has 30 heavy (non-hydrogen) atoms. The molecule has 0 bridgehead atoms. The Morgan fingerprint density at radius 1 is 1.07 bits per heavy atom. The zero-order valence-electron chi connectivity index (χ0n) is 16.6. The van der Waals surface area contributed by atoms with E-state index in [0.717, 1.165) is 22.2 Å². The molecule has 0 amide bonds. The third-order valence-electron chi connectivity index (χ3n) is 4.61. The second kappa shape index (κ2) is 8.60. The first-order chi connectivity index (χ1) is 14.6. The van der Waals surface area contributed by atoms with Gasteiger partial charge in [0.1, 0.15) is 0 Å². The second-order valence-corrected chi connectivity index (χ2v) is 6.90. The first kappa shape index (κ1) is 19.4. The Morgan fingerprint density at radius 3 is 2.70 bits per heavy atom. The molecule has 4 aromatic rings. The lowest BCUT2D eigenvalue weighted by molar-refractivity contribution is -0.145. The molecule has 0 saturated heterocycles. The molecule has 0 spiro atoms. The van der Waals surface area contributed by atoms with Gasteiger partial charge in [0.25, 0.3) is 0 Å². The molecule has 0 saturated carbocycles. The van der Waals surface area contributed by atoms with Crippen LogP contribution in [-0.4, -0.2) is 25.5 Å². The number of hydrogen-bond acceptors (Lipinski definition) is 7. The fraction of sp³-hybridized carbons (Fsp3) is 0.182. The highest BCUT2D eigenvalue weighted by Crippen LogP contribution is 2.16. The van der Waals surface area contributed by atoms with E-state index in [1.54, 1.807) is 0 Å². The van der Waals surface area contributed by atoms with E-state index in [2.05, 4.69) is 20.3 Å². The highest BCUT2D eigenvalue weighted by Gasteiger charge is 2.10. The summed E-state index contributed by atoms with van der Waals surface area (Å²) in [6.45, 7) is 2.47. The number of nitrogens with two attached hydrogens (primary N) is 1. The van der Waals surface area contributed by atoms with Crippen LogP contribution in [0.1, 0.15) is 17.8 Å². The van der Waals surface area contributed by atoms with Gasteiger partial charge in [-0.1, -0.05) is 35.9 Å². The van der Waals surface area contributed by atoms with Crippen LogP contribution >= 0.6 is 0 Å². The zero-order valence-corrected chi connectivity index (χ0v) is 16.6. The number of aromatic nitrogens is 4. The third kappa shape index (κ3) is 4.72. The number of anilines is 3. The molecule has 152 valence electrons. The third-order valence-corrected chi connectivity index (χ3v) is 4.61. The van der Waals surface area contributed by atoms with Crippen molar-refractivity contribution in [1.29, 1.82) is 0 Å². The monoisotopic (exact) mass is 402 g/mol. The van der Waals surface area contributed by atoms with Crippen LogP contribution in [0.2, 0.25) is 0 Å². The zero-order chi connectivity index (χ0) is 20.9. The summed E-state index contributed by atoms with van der Waals surface area (Å²) >= 11 is 0. The summed E-state index contributed by atoms with van der Waals surface area (Å²) in [4.78, 5) is 24.6. The molecule has 0 aliphatic heterocycles. The van der Waals surface area contributed by atoms with Gasteiger partial charge < -0.3 is 20.4 Å². The van der Waals surface area contributed by atoms with Crippen LogP contribution in [0.15, 0.2) is 60.8 Å². The Balaban J connectivity index is 1.34. The van der Waals surface area contributed by atoms with Crippen LogP contribution < -0.4 is 11.1 Å². The molecule has 0 atom stereocenters. The summed E-state index contributed by atoms with van der Waals surface area (Å²) < 4.78 is 7.35. The van der Waals surface area contributed by atoms with Crippen molar-refractivity contribution in [2.24, 2.45) is 0 Å². The van der Waals surface area contributed by atoms with E-state index >= 15 is 0 Å². The van der Waals surface area contributed by atoms with Gasteiger partial charge >= 0.3 is 5.97 Å². The van der Waals surface area contributed by atoms with Gasteiger partial charge in [-0.25, -0.2) is 0 Å². The summed E-state index contributed by atoms with van der Waals surface area (Å²) in [5.74, 6) is 0.317. The Kier molecular flexibility index (Phi) is 5.56. The number of benzene rings is 2. The van der Waals surface area contributed by atoms with E-state index in [0.29, 0.717) is 12.5 Å². The highest BCUT2D eigenvalue weighted by atomic mass is 16.5. The Bertz CT molecular complexity index is 1170. The first-order valence-electron chi connectivity index (χ1n) is 9.60. The van der Waals surface area contributed by atoms with E-state index < -0.39 is 0 Å². The van der Waals surface area contributed by atoms with Crippen LogP contribution in [-0.2, 0) is 22.7 Å². The van der Waals surface area contributed by atoms with Gasteiger partial charge in [-0.05, 0) is 36.6 Å². The SMILES string of the molecule is Cc1ccc(Nc2nc(N)nc(COC(=O)CCn3ccc4ccccc43)n2)cc1. The maximum Gasteiger partial charge on any atom is 0.308 e. The van der Waals surface area contributed by atoms with Crippen LogP contribution in [0.5, 0.6) is 0 Å². The van der Waals surface area contributed by atoms with Gasteiger partial charge in [0.2, 0.25) is 11.9 Å². The average molecular weight is 402 g/mol. The number of fused-ring (bicyclic) bond motifs is 1. The van der Waals surface area contributed by atoms with Crippen LogP contribution in [0.3, 0.4) is 0 Å². The van der Waals surface area contributed by atoms with E-state index in [1.165, 1.54) is 0 Å². The number of esters is 1. The van der Waals surface area contributed by atoms with E-state index in [-0.39, 0.29) is 30.8 Å². The minimum absolute atomic E-state index is 0.0597. The van der Waals surface area contributed by atoms with Gasteiger partial charge in [0.05, 0.1) is 6.42 Å². The first-order valence-corrected chi connectivity index (χ1v) is 9.60. The predicted molar refractivity (Wildman–Crippen MR) is 115 cm³/mol. The minimum Gasteiger partial charge on any atom is -0.457 e. The maximum absolute atomic E-state index is 12.2. The number of carbonyl (C=O) groups is 1. The Morgan fingerprint density at radius 2 is 1.87 bits per heavy atom. The molecular formula is C22H22N6O2. The second-order valence-electron chi connectivity index (χ2n) is 6.90. The lowest BCUT2D eigenvalue weighted by Gasteiger charge is -2.09. The normalized spacial score (nSPS) is 10.8. The van der Waals surface area contributed by atoms with Crippen molar-refractivity contribution in [1.82, 2.24) is 19.5 Å². The molecule has 0 radical (unpaired) electrons. The molecule has 0 fully saturated rings. The van der Waals surface area contributed by atoms with Crippen molar-refractivity contribution in [2.75, 3.05) is 11.1 Å². The Labute approximate surface area is 173 Å². The number of nitrogen functional groups attached to an aromatic ring is 1. The van der Waals surface area contributed by atoms with Crippen LogP contribution in [0, 0.1) is 6.92 Å². The highest BCUT2D eigenvalue weighted by molar-refractivity contribution is 5.80. The van der Waals surface area contributed by atoms with E-state index in [4.69, 9.17) is 10.5 Å². The van der Waals surface area contributed by atoms with E-state index in [1.807, 2.05) is 72.3 Å². The lowest BCUT2D eigenvalue weighted by Crippen LogP contribution is -2.12. The van der Waals surface area contributed by atoms with Crippen molar-refractivity contribution in [2.45, 2.75) is 26.5 Å². The van der Waals surface area contributed by atoms with Crippen molar-refractivity contribution < 1.29 is 9.53 Å². The number of hydrogen-bond donors (Lipinski definition) is 2. The molecule has 8 heteroatoms. The molecule has 4 rings (SSSR count). The fourth-order valence-electron chi connectivity index (χ4n) is 3.09. The number of carbonyl (C=O) groups excluding carboxylic acids is 1. The smallest absolute Gasteiger partial charge is 0.308 e. The van der Waals surface area contributed by atoms with Gasteiger partial charge in [0, 0.05) is 23.9 Å². The summed E-state index contributed by atoms with van der Waals surface area (Å²) in [6.07, 6.45) is 2.21. The number of para-hydroxylation sites is 1.